The molecule has 2 N–H and O–H groups in total. The van der Waals surface area contributed by atoms with Crippen molar-refractivity contribution in [2.24, 2.45) is 0 Å². The van der Waals surface area contributed by atoms with E-state index in [9.17, 15) is 4.79 Å². The molecule has 0 spiro atoms. The molecule has 1 heterocycles. The van der Waals surface area contributed by atoms with Gasteiger partial charge in [-0.3, -0.25) is 9.78 Å². The largest absolute Gasteiger partial charge is 0.494 e. The third-order valence-electron chi connectivity index (χ3n) is 2.10. The lowest BCUT2D eigenvalue weighted by Gasteiger charge is -2.09. The molecule has 0 fully saturated rings. The van der Waals surface area contributed by atoms with Crippen LogP contribution in [0.25, 0.3) is 0 Å². The fourth-order valence-corrected chi connectivity index (χ4v) is 1.22. The molecule has 0 aliphatic carbocycles. The van der Waals surface area contributed by atoms with Crippen molar-refractivity contribution in [1.82, 2.24) is 10.3 Å². The number of hydrogen-bond acceptors (Lipinski definition) is 4. The van der Waals surface area contributed by atoms with E-state index < -0.39 is 6.10 Å². The molecule has 0 aliphatic heterocycles. The quantitative estimate of drug-likeness (QED) is 0.768. The van der Waals surface area contributed by atoms with Crippen LogP contribution in [0.1, 0.15) is 23.7 Å². The summed E-state index contributed by atoms with van der Waals surface area (Å²) in [6, 6.07) is 1.59. The number of aliphatic hydroxyl groups is 1. The molecule has 0 saturated heterocycles. The minimum absolute atomic E-state index is 0.222. The van der Waals surface area contributed by atoms with Crippen molar-refractivity contribution < 1.29 is 14.6 Å². The molecule has 16 heavy (non-hydrogen) atoms. The molecule has 5 nitrogen and oxygen atoms in total. The van der Waals surface area contributed by atoms with Crippen LogP contribution in [0.3, 0.4) is 0 Å². The Bertz CT molecular complexity index is 353. The molecule has 0 aromatic carbocycles. The van der Waals surface area contributed by atoms with Crippen molar-refractivity contribution in [2.75, 3.05) is 13.7 Å². The number of aliphatic hydroxyl groups excluding tert-OH is 1. The van der Waals surface area contributed by atoms with Crippen LogP contribution in [0.4, 0.5) is 0 Å². The van der Waals surface area contributed by atoms with E-state index in [-0.39, 0.29) is 5.91 Å². The van der Waals surface area contributed by atoms with Gasteiger partial charge in [0.05, 0.1) is 25.0 Å². The second kappa shape index (κ2) is 6.07. The lowest BCUT2D eigenvalue weighted by molar-refractivity contribution is 0.0942. The summed E-state index contributed by atoms with van der Waals surface area (Å²) < 4.78 is 5.02. The van der Waals surface area contributed by atoms with Crippen LogP contribution in [-0.4, -0.2) is 35.8 Å². The summed E-state index contributed by atoms with van der Waals surface area (Å²) in [5.74, 6) is 0.219. The summed E-state index contributed by atoms with van der Waals surface area (Å²) >= 11 is 0. The van der Waals surface area contributed by atoms with Crippen molar-refractivity contribution in [1.29, 1.82) is 0 Å². The van der Waals surface area contributed by atoms with Gasteiger partial charge in [0.2, 0.25) is 0 Å². The van der Waals surface area contributed by atoms with Gasteiger partial charge in [-0.05, 0) is 19.4 Å². The normalized spacial score (nSPS) is 11.9. The fraction of sp³-hybridized carbons (Fsp3) is 0.455. The van der Waals surface area contributed by atoms with Gasteiger partial charge in [-0.2, -0.15) is 0 Å². The van der Waals surface area contributed by atoms with Gasteiger partial charge in [0.15, 0.2) is 0 Å². The maximum Gasteiger partial charge on any atom is 0.255 e. The first-order valence-electron chi connectivity index (χ1n) is 5.09. The van der Waals surface area contributed by atoms with Gasteiger partial charge in [-0.25, -0.2) is 0 Å². The Morgan fingerprint density at radius 1 is 1.69 bits per heavy atom. The Kier molecular flexibility index (Phi) is 4.72. The standard InChI is InChI=1S/C11H16N2O3/c1-8(14)3-6-13-11(15)9-4-5-12-7-10(9)16-2/h4-5,7-8,14H,3,6H2,1-2H3,(H,13,15). The summed E-state index contributed by atoms with van der Waals surface area (Å²) in [5.41, 5.74) is 0.447. The maximum absolute atomic E-state index is 11.7. The van der Waals surface area contributed by atoms with Crippen LogP contribution >= 0.6 is 0 Å². The second-order valence-corrected chi connectivity index (χ2v) is 3.47. The molecule has 88 valence electrons. The van der Waals surface area contributed by atoms with E-state index in [1.165, 1.54) is 19.5 Å². The van der Waals surface area contributed by atoms with Gasteiger partial charge in [0, 0.05) is 12.7 Å². The van der Waals surface area contributed by atoms with E-state index in [4.69, 9.17) is 9.84 Å². The molecule has 1 amide bonds. The zero-order valence-corrected chi connectivity index (χ0v) is 9.43. The highest BCUT2D eigenvalue weighted by Gasteiger charge is 2.11. The average molecular weight is 224 g/mol. The predicted octanol–water partition coefficient (Wildman–Crippen LogP) is 0.591. The number of nitrogens with zero attached hydrogens (tertiary/aromatic N) is 1. The molecule has 1 unspecified atom stereocenters. The van der Waals surface area contributed by atoms with Crippen molar-refractivity contribution in [3.63, 3.8) is 0 Å². The number of rotatable bonds is 5. The average Bonchev–Trinajstić information content (AvgIpc) is 2.28. The molecule has 0 aliphatic rings. The SMILES string of the molecule is COc1cnccc1C(=O)NCCC(C)O. The van der Waals surface area contributed by atoms with Crippen molar-refractivity contribution in [3.05, 3.63) is 24.0 Å². The molecule has 1 rings (SSSR count). The number of ether oxygens (including phenoxy) is 1. The Balaban J connectivity index is 2.59. The minimum atomic E-state index is -0.417. The first-order valence-corrected chi connectivity index (χ1v) is 5.09. The van der Waals surface area contributed by atoms with E-state index in [2.05, 4.69) is 10.3 Å². The topological polar surface area (TPSA) is 71.5 Å². The Morgan fingerprint density at radius 3 is 3.06 bits per heavy atom. The van der Waals surface area contributed by atoms with E-state index in [1.54, 1.807) is 13.0 Å². The number of carbonyl (C=O) groups excluding carboxylic acids is 1. The van der Waals surface area contributed by atoms with Gasteiger partial charge in [0.1, 0.15) is 5.75 Å². The third kappa shape index (κ3) is 3.51. The predicted molar refractivity (Wildman–Crippen MR) is 59.4 cm³/mol. The van der Waals surface area contributed by atoms with Crippen LogP contribution in [0, 0.1) is 0 Å². The maximum atomic E-state index is 11.7. The Labute approximate surface area is 94.5 Å². The van der Waals surface area contributed by atoms with E-state index >= 15 is 0 Å². The summed E-state index contributed by atoms with van der Waals surface area (Å²) in [7, 11) is 1.49. The molecule has 1 atom stereocenters. The number of aromatic nitrogens is 1. The number of hydrogen-bond donors (Lipinski definition) is 2. The lowest BCUT2D eigenvalue weighted by atomic mass is 10.2. The van der Waals surface area contributed by atoms with Gasteiger partial charge >= 0.3 is 0 Å². The van der Waals surface area contributed by atoms with Crippen molar-refractivity contribution in [3.8, 4) is 5.75 Å². The zero-order chi connectivity index (χ0) is 12.0. The highest BCUT2D eigenvalue weighted by molar-refractivity contribution is 5.96. The first kappa shape index (κ1) is 12.4. The lowest BCUT2D eigenvalue weighted by Crippen LogP contribution is -2.26. The Morgan fingerprint density at radius 2 is 2.44 bits per heavy atom. The highest BCUT2D eigenvalue weighted by Crippen LogP contribution is 2.14. The van der Waals surface area contributed by atoms with Gasteiger partial charge < -0.3 is 15.2 Å². The second-order valence-electron chi connectivity index (χ2n) is 3.47. The summed E-state index contributed by atoms with van der Waals surface area (Å²) in [6.45, 7) is 2.11. The molecule has 0 radical (unpaired) electrons. The number of carbonyl (C=O) groups is 1. The van der Waals surface area contributed by atoms with E-state index in [0.717, 1.165) is 0 Å². The van der Waals surface area contributed by atoms with Crippen LogP contribution < -0.4 is 10.1 Å². The van der Waals surface area contributed by atoms with Crippen LogP contribution in [-0.2, 0) is 0 Å². The van der Waals surface area contributed by atoms with Crippen molar-refractivity contribution >= 4 is 5.91 Å². The summed E-state index contributed by atoms with van der Waals surface area (Å²) in [6.07, 6.45) is 3.13. The van der Waals surface area contributed by atoms with E-state index in [0.29, 0.717) is 24.3 Å². The molecule has 0 bridgehead atoms. The number of methoxy groups -OCH3 is 1. The molecule has 0 saturated carbocycles. The van der Waals surface area contributed by atoms with Crippen LogP contribution in [0.2, 0.25) is 0 Å². The number of pyridine rings is 1. The highest BCUT2D eigenvalue weighted by atomic mass is 16.5. The van der Waals surface area contributed by atoms with Crippen LogP contribution in [0.5, 0.6) is 5.75 Å². The Hall–Kier alpha value is -1.62. The molecular formula is C11H16N2O3. The fourth-order valence-electron chi connectivity index (χ4n) is 1.22. The summed E-state index contributed by atoms with van der Waals surface area (Å²) in [5, 5.41) is 11.7. The van der Waals surface area contributed by atoms with Gasteiger partial charge in [-0.15, -0.1) is 0 Å². The summed E-state index contributed by atoms with van der Waals surface area (Å²) in [4.78, 5) is 15.6. The molecule has 1 aromatic heterocycles. The van der Waals surface area contributed by atoms with Gasteiger partial charge in [0.25, 0.3) is 5.91 Å². The molecular weight excluding hydrogens is 208 g/mol. The number of amides is 1. The van der Waals surface area contributed by atoms with Gasteiger partial charge in [-0.1, -0.05) is 0 Å². The first-order chi connectivity index (χ1) is 7.65. The smallest absolute Gasteiger partial charge is 0.255 e. The van der Waals surface area contributed by atoms with E-state index in [1.807, 2.05) is 0 Å². The molecule has 1 aromatic rings. The third-order valence-corrected chi connectivity index (χ3v) is 2.10. The minimum Gasteiger partial charge on any atom is -0.494 e. The monoisotopic (exact) mass is 224 g/mol. The molecule has 5 heteroatoms. The van der Waals surface area contributed by atoms with Crippen molar-refractivity contribution in [2.45, 2.75) is 19.4 Å². The number of nitrogens with one attached hydrogen (secondary N) is 1. The van der Waals surface area contributed by atoms with Crippen LogP contribution in [0.15, 0.2) is 18.5 Å². The zero-order valence-electron chi connectivity index (χ0n) is 9.43.